The van der Waals surface area contributed by atoms with Crippen LogP contribution in [-0.4, -0.2) is 6.54 Å². The molecule has 0 amide bonds. The van der Waals surface area contributed by atoms with E-state index in [1.807, 2.05) is 26.0 Å². The van der Waals surface area contributed by atoms with Crippen LogP contribution < -0.4 is 11.1 Å². The van der Waals surface area contributed by atoms with Gasteiger partial charge in [-0.15, -0.1) is 0 Å². The summed E-state index contributed by atoms with van der Waals surface area (Å²) in [7, 11) is 0. The van der Waals surface area contributed by atoms with Crippen LogP contribution in [0, 0.1) is 0 Å². The summed E-state index contributed by atoms with van der Waals surface area (Å²) in [4.78, 5) is 0. The molecule has 3 N–H and O–H groups in total. The smallest absolute Gasteiger partial charge is 0.0380 e. The van der Waals surface area contributed by atoms with Crippen LogP contribution in [0.4, 0.5) is 5.69 Å². The Hall–Kier alpha value is -1.28. The molecular formula is C19H34N2. The maximum absolute atomic E-state index is 5.74. The second-order valence-electron chi connectivity index (χ2n) is 5.69. The largest absolute Gasteiger partial charge is 0.399 e. The third kappa shape index (κ3) is 6.34. The van der Waals surface area contributed by atoms with Gasteiger partial charge in [-0.1, -0.05) is 51.0 Å². The number of benzene rings is 1. The molecule has 0 saturated heterocycles. The Labute approximate surface area is 131 Å². The number of nitrogen functional groups attached to an aromatic ring is 1. The zero-order valence-electron chi connectivity index (χ0n) is 15.0. The van der Waals surface area contributed by atoms with Gasteiger partial charge >= 0.3 is 0 Å². The van der Waals surface area contributed by atoms with E-state index >= 15 is 0 Å². The van der Waals surface area contributed by atoms with Crippen molar-refractivity contribution < 1.29 is 0 Å². The van der Waals surface area contributed by atoms with Crippen molar-refractivity contribution in [1.82, 2.24) is 5.32 Å². The predicted molar refractivity (Wildman–Crippen MR) is 96.5 cm³/mol. The van der Waals surface area contributed by atoms with Gasteiger partial charge < -0.3 is 11.1 Å². The molecule has 0 aliphatic carbocycles. The molecule has 0 fully saturated rings. The number of allylic oxidation sites excluding steroid dienone is 1. The highest BCUT2D eigenvalue weighted by atomic mass is 15.0. The van der Waals surface area contributed by atoms with Crippen molar-refractivity contribution in [3.63, 3.8) is 0 Å². The topological polar surface area (TPSA) is 38.0 Å². The van der Waals surface area contributed by atoms with Gasteiger partial charge in [-0.3, -0.25) is 0 Å². The van der Waals surface area contributed by atoms with Gasteiger partial charge in [0.2, 0.25) is 0 Å². The SMILES string of the molecule is CC.CC/C(C)=C(\CC)CNC(C)(C)c1ccc(N)cc1. The van der Waals surface area contributed by atoms with Gasteiger partial charge in [0.15, 0.2) is 0 Å². The van der Waals surface area contributed by atoms with E-state index in [9.17, 15) is 0 Å². The molecule has 2 nitrogen and oxygen atoms in total. The zero-order valence-corrected chi connectivity index (χ0v) is 15.0. The molecule has 0 saturated carbocycles. The molecule has 0 bridgehead atoms. The van der Waals surface area contributed by atoms with Gasteiger partial charge in [-0.05, 0) is 51.3 Å². The first-order valence-electron chi connectivity index (χ1n) is 8.19. The van der Waals surface area contributed by atoms with Gasteiger partial charge in [-0.2, -0.15) is 0 Å². The Kier molecular flexibility index (Phi) is 9.03. The second kappa shape index (κ2) is 9.62. The van der Waals surface area contributed by atoms with Gasteiger partial charge in [0.25, 0.3) is 0 Å². The number of hydrogen-bond donors (Lipinski definition) is 2. The molecule has 0 aromatic heterocycles. The predicted octanol–water partition coefficient (Wildman–Crippen LogP) is 5.26. The van der Waals surface area contributed by atoms with Crippen LogP contribution in [0.5, 0.6) is 0 Å². The zero-order chi connectivity index (χ0) is 16.5. The van der Waals surface area contributed by atoms with Crippen LogP contribution in [0.2, 0.25) is 0 Å². The van der Waals surface area contributed by atoms with E-state index in [0.717, 1.165) is 25.1 Å². The third-order valence-corrected chi connectivity index (χ3v) is 3.94. The average molecular weight is 290 g/mol. The second-order valence-corrected chi connectivity index (χ2v) is 5.69. The summed E-state index contributed by atoms with van der Waals surface area (Å²) in [5.41, 5.74) is 10.8. The molecule has 0 aliphatic heterocycles. The minimum absolute atomic E-state index is 0.0395. The van der Waals surface area contributed by atoms with Crippen LogP contribution in [0.3, 0.4) is 0 Å². The van der Waals surface area contributed by atoms with Crippen molar-refractivity contribution in [2.75, 3.05) is 12.3 Å². The Morgan fingerprint density at radius 2 is 1.57 bits per heavy atom. The van der Waals surface area contributed by atoms with Crippen LogP contribution in [0.1, 0.15) is 66.9 Å². The van der Waals surface area contributed by atoms with Crippen molar-refractivity contribution in [2.45, 2.75) is 66.8 Å². The molecule has 1 aromatic rings. The fourth-order valence-electron chi connectivity index (χ4n) is 2.16. The minimum Gasteiger partial charge on any atom is -0.399 e. The normalized spacial score (nSPS) is 12.3. The summed E-state index contributed by atoms with van der Waals surface area (Å²) in [6.45, 7) is 16.1. The molecule has 21 heavy (non-hydrogen) atoms. The summed E-state index contributed by atoms with van der Waals surface area (Å²) in [6, 6.07) is 8.13. The lowest BCUT2D eigenvalue weighted by Crippen LogP contribution is -2.37. The first kappa shape index (κ1) is 19.7. The van der Waals surface area contributed by atoms with E-state index in [1.54, 1.807) is 0 Å². The number of hydrogen-bond acceptors (Lipinski definition) is 2. The molecule has 0 unspecified atom stereocenters. The van der Waals surface area contributed by atoms with Crippen LogP contribution >= 0.6 is 0 Å². The van der Waals surface area contributed by atoms with Crippen LogP contribution in [0.15, 0.2) is 35.4 Å². The quantitative estimate of drug-likeness (QED) is 0.554. The highest BCUT2D eigenvalue weighted by Crippen LogP contribution is 2.22. The van der Waals surface area contributed by atoms with E-state index < -0.39 is 0 Å². The van der Waals surface area contributed by atoms with Crippen molar-refractivity contribution in [3.05, 3.63) is 41.0 Å². The Balaban J connectivity index is 0.00000191. The molecule has 2 heteroatoms. The first-order chi connectivity index (χ1) is 9.90. The maximum Gasteiger partial charge on any atom is 0.0380 e. The molecule has 1 rings (SSSR count). The number of anilines is 1. The minimum atomic E-state index is -0.0395. The van der Waals surface area contributed by atoms with Gasteiger partial charge in [-0.25, -0.2) is 0 Å². The number of rotatable bonds is 6. The number of nitrogens with two attached hydrogens (primary N) is 1. The van der Waals surface area contributed by atoms with E-state index in [1.165, 1.54) is 16.7 Å². The molecule has 1 aromatic carbocycles. The Bertz CT molecular complexity index is 427. The van der Waals surface area contributed by atoms with Crippen molar-refractivity contribution in [3.8, 4) is 0 Å². The van der Waals surface area contributed by atoms with Gasteiger partial charge in [0.1, 0.15) is 0 Å². The summed E-state index contributed by atoms with van der Waals surface area (Å²) in [6.07, 6.45) is 2.25. The maximum atomic E-state index is 5.74. The fourth-order valence-corrected chi connectivity index (χ4v) is 2.16. The van der Waals surface area contributed by atoms with Crippen molar-refractivity contribution >= 4 is 5.69 Å². The standard InChI is InChI=1S/C17H28N2.C2H6/c1-6-13(3)14(7-2)12-19-17(4,5)15-8-10-16(18)11-9-15;1-2/h8-11,19H,6-7,12,18H2,1-5H3;1-2H3/b14-13+;. The molecule has 0 spiro atoms. The van der Waals surface area contributed by atoms with Crippen LogP contribution in [-0.2, 0) is 5.54 Å². The molecular weight excluding hydrogens is 256 g/mol. The molecule has 0 atom stereocenters. The van der Waals surface area contributed by atoms with Crippen molar-refractivity contribution in [1.29, 1.82) is 0 Å². The average Bonchev–Trinajstić information content (AvgIpc) is 2.50. The summed E-state index contributed by atoms with van der Waals surface area (Å²) < 4.78 is 0. The van der Waals surface area contributed by atoms with E-state index in [4.69, 9.17) is 5.73 Å². The molecule has 120 valence electrons. The molecule has 0 aliphatic rings. The highest BCUT2D eigenvalue weighted by molar-refractivity contribution is 5.41. The lowest BCUT2D eigenvalue weighted by atomic mass is 9.93. The lowest BCUT2D eigenvalue weighted by Gasteiger charge is -2.28. The van der Waals surface area contributed by atoms with E-state index in [2.05, 4.69) is 52.1 Å². The van der Waals surface area contributed by atoms with Crippen LogP contribution in [0.25, 0.3) is 0 Å². The van der Waals surface area contributed by atoms with Gasteiger partial charge in [0.05, 0.1) is 0 Å². The fraction of sp³-hybridized carbons (Fsp3) is 0.579. The Morgan fingerprint density at radius 1 is 1.05 bits per heavy atom. The van der Waals surface area contributed by atoms with Crippen molar-refractivity contribution in [2.24, 2.45) is 0 Å². The van der Waals surface area contributed by atoms with E-state index in [0.29, 0.717) is 0 Å². The third-order valence-electron chi connectivity index (χ3n) is 3.94. The lowest BCUT2D eigenvalue weighted by molar-refractivity contribution is 0.418. The monoisotopic (exact) mass is 290 g/mol. The van der Waals surface area contributed by atoms with E-state index in [-0.39, 0.29) is 5.54 Å². The molecule has 0 heterocycles. The van der Waals surface area contributed by atoms with Gasteiger partial charge in [0, 0.05) is 17.8 Å². The molecule has 0 radical (unpaired) electrons. The highest BCUT2D eigenvalue weighted by Gasteiger charge is 2.19. The summed E-state index contributed by atoms with van der Waals surface area (Å²) in [5.74, 6) is 0. The summed E-state index contributed by atoms with van der Waals surface area (Å²) >= 11 is 0. The summed E-state index contributed by atoms with van der Waals surface area (Å²) in [5, 5.41) is 3.66. The first-order valence-corrected chi connectivity index (χ1v) is 8.19. The Morgan fingerprint density at radius 3 is 2.00 bits per heavy atom. The number of nitrogens with one attached hydrogen (secondary N) is 1.